The van der Waals surface area contributed by atoms with Gasteiger partial charge in [0.05, 0.1) is 5.60 Å². The number of hydrogen-bond acceptors (Lipinski definition) is 2. The molecule has 0 bridgehead atoms. The third-order valence-corrected chi connectivity index (χ3v) is 2.14. The quantitative estimate of drug-likeness (QED) is 0.550. The summed E-state index contributed by atoms with van der Waals surface area (Å²) in [6.07, 6.45) is 3.15. The Kier molecular flexibility index (Phi) is 1.64. The zero-order chi connectivity index (χ0) is 6.04. The van der Waals surface area contributed by atoms with E-state index in [2.05, 4.69) is 6.92 Å². The van der Waals surface area contributed by atoms with Crippen LogP contribution in [0.5, 0.6) is 0 Å². The smallest absolute Gasteiger partial charge is 0.288 e. The second-order valence-corrected chi connectivity index (χ2v) is 2.53. The Labute approximate surface area is 50.5 Å². The predicted octanol–water partition coefficient (Wildman–Crippen LogP) is 2.15. The van der Waals surface area contributed by atoms with Gasteiger partial charge in [-0.25, -0.2) is 4.57 Å². The van der Waals surface area contributed by atoms with Crippen LogP contribution in [0.2, 0.25) is 0 Å². The molecule has 1 aliphatic rings. The molecule has 0 aromatic heterocycles. The van der Waals surface area contributed by atoms with Crippen LogP contribution in [-0.4, -0.2) is 5.60 Å². The molecule has 0 aromatic carbocycles. The molecular weight excluding hydrogens is 123 g/mol. The third-order valence-electron chi connectivity index (χ3n) is 1.68. The molecule has 3 heteroatoms. The van der Waals surface area contributed by atoms with E-state index in [9.17, 15) is 4.57 Å². The minimum Gasteiger partial charge on any atom is -0.288 e. The Morgan fingerprint density at radius 2 is 2.38 bits per heavy atom. The maximum Gasteiger partial charge on any atom is 0.327 e. The lowest BCUT2D eigenvalue weighted by molar-refractivity contribution is 0.196. The maximum atomic E-state index is 9.89. The number of hydrogen-bond donors (Lipinski definition) is 0. The molecule has 2 nitrogen and oxygen atoms in total. The second kappa shape index (κ2) is 2.12. The van der Waals surface area contributed by atoms with E-state index >= 15 is 0 Å². The van der Waals surface area contributed by atoms with Crippen molar-refractivity contribution in [3.8, 4) is 0 Å². The molecule has 1 aliphatic carbocycles. The Bertz CT molecular complexity index is 98.6. The molecule has 0 amide bonds. The van der Waals surface area contributed by atoms with Crippen molar-refractivity contribution in [1.29, 1.82) is 0 Å². The van der Waals surface area contributed by atoms with Crippen LogP contribution in [0.1, 0.15) is 26.2 Å². The molecule has 0 aliphatic heterocycles. The Balaban J connectivity index is 2.29. The minimum atomic E-state index is -0.163. The van der Waals surface area contributed by atoms with Crippen molar-refractivity contribution in [3.63, 3.8) is 0 Å². The molecule has 0 saturated heterocycles. The lowest BCUT2D eigenvalue weighted by Gasteiger charge is -2.03. The molecule has 46 valence electrons. The van der Waals surface area contributed by atoms with Gasteiger partial charge in [0.1, 0.15) is 0 Å². The monoisotopic (exact) mass is 132 g/mol. The van der Waals surface area contributed by atoms with Gasteiger partial charge in [-0.3, -0.25) is 4.52 Å². The zero-order valence-electron chi connectivity index (χ0n) is 4.89. The van der Waals surface area contributed by atoms with E-state index in [-0.39, 0.29) is 14.3 Å². The standard InChI is InChI=1S/C5H9O2P/c1-2-5(3-4-5)7-8-6/h2-4H2,1H3. The fraction of sp³-hybridized carbons (Fsp3) is 1.00. The highest BCUT2D eigenvalue weighted by atomic mass is 31.1. The SMILES string of the molecule is CCC1(OP=O)CC1. The van der Waals surface area contributed by atoms with Crippen LogP contribution in [0.3, 0.4) is 0 Å². The molecule has 8 heavy (non-hydrogen) atoms. The molecule has 0 radical (unpaired) electrons. The van der Waals surface area contributed by atoms with Crippen molar-refractivity contribution >= 4 is 8.69 Å². The first-order valence-electron chi connectivity index (χ1n) is 2.84. The molecule has 0 heterocycles. The highest BCUT2D eigenvalue weighted by molar-refractivity contribution is 7.17. The van der Waals surface area contributed by atoms with Gasteiger partial charge >= 0.3 is 8.69 Å². The summed E-state index contributed by atoms with van der Waals surface area (Å²) in [6.45, 7) is 2.05. The van der Waals surface area contributed by atoms with Gasteiger partial charge in [-0.2, -0.15) is 0 Å². The summed E-state index contributed by atoms with van der Waals surface area (Å²) in [4.78, 5) is 0. The molecule has 0 spiro atoms. The molecular formula is C5H9O2P. The van der Waals surface area contributed by atoms with Gasteiger partial charge in [-0.05, 0) is 19.3 Å². The summed E-state index contributed by atoms with van der Waals surface area (Å²) < 4.78 is 14.8. The summed E-state index contributed by atoms with van der Waals surface area (Å²) in [5, 5.41) is 0. The lowest BCUT2D eigenvalue weighted by atomic mass is 10.3. The van der Waals surface area contributed by atoms with Crippen molar-refractivity contribution in [3.05, 3.63) is 0 Å². The lowest BCUT2D eigenvalue weighted by Crippen LogP contribution is -2.04. The van der Waals surface area contributed by atoms with E-state index in [1.165, 1.54) is 0 Å². The van der Waals surface area contributed by atoms with E-state index < -0.39 is 0 Å². The average molecular weight is 132 g/mol. The normalized spacial score (nSPS) is 23.6. The van der Waals surface area contributed by atoms with Crippen LogP contribution < -0.4 is 0 Å². The summed E-state index contributed by atoms with van der Waals surface area (Å²) in [7, 11) is -0.163. The summed E-state index contributed by atoms with van der Waals surface area (Å²) >= 11 is 0. The minimum absolute atomic E-state index is 0.0172. The van der Waals surface area contributed by atoms with E-state index in [0.717, 1.165) is 19.3 Å². The van der Waals surface area contributed by atoms with Crippen LogP contribution in [-0.2, 0) is 9.09 Å². The van der Waals surface area contributed by atoms with Crippen molar-refractivity contribution in [1.82, 2.24) is 0 Å². The van der Waals surface area contributed by atoms with E-state index in [1.807, 2.05) is 0 Å². The van der Waals surface area contributed by atoms with Gasteiger partial charge < -0.3 is 0 Å². The van der Waals surface area contributed by atoms with Gasteiger partial charge in [0, 0.05) is 0 Å². The fourth-order valence-corrected chi connectivity index (χ4v) is 1.20. The second-order valence-electron chi connectivity index (χ2n) is 2.20. The first-order chi connectivity index (χ1) is 3.83. The van der Waals surface area contributed by atoms with Crippen LogP contribution in [0, 0.1) is 0 Å². The van der Waals surface area contributed by atoms with E-state index in [1.54, 1.807) is 0 Å². The molecule has 0 N–H and O–H groups in total. The molecule has 0 aromatic rings. The van der Waals surface area contributed by atoms with Crippen LogP contribution in [0.15, 0.2) is 0 Å². The molecule has 1 rings (SSSR count). The topological polar surface area (TPSA) is 26.3 Å². The Morgan fingerprint density at radius 1 is 1.75 bits per heavy atom. The van der Waals surface area contributed by atoms with Crippen LogP contribution in [0.4, 0.5) is 0 Å². The predicted molar refractivity (Wildman–Crippen MR) is 30.9 cm³/mol. The summed E-state index contributed by atoms with van der Waals surface area (Å²) in [5.74, 6) is 0. The highest BCUT2D eigenvalue weighted by Gasteiger charge is 2.42. The van der Waals surface area contributed by atoms with Crippen molar-refractivity contribution < 1.29 is 9.09 Å². The molecule has 1 fully saturated rings. The largest absolute Gasteiger partial charge is 0.327 e. The van der Waals surface area contributed by atoms with Crippen molar-refractivity contribution in [2.45, 2.75) is 31.8 Å². The van der Waals surface area contributed by atoms with Gasteiger partial charge in [0.2, 0.25) is 0 Å². The summed E-state index contributed by atoms with van der Waals surface area (Å²) in [5.41, 5.74) is 0.0172. The fourth-order valence-electron chi connectivity index (χ4n) is 0.728. The third kappa shape index (κ3) is 1.07. The van der Waals surface area contributed by atoms with E-state index in [4.69, 9.17) is 4.52 Å². The van der Waals surface area contributed by atoms with Gasteiger partial charge in [0.25, 0.3) is 0 Å². The van der Waals surface area contributed by atoms with Crippen LogP contribution in [0.25, 0.3) is 0 Å². The first kappa shape index (κ1) is 6.18. The van der Waals surface area contributed by atoms with Gasteiger partial charge in [0.15, 0.2) is 0 Å². The van der Waals surface area contributed by atoms with Crippen molar-refractivity contribution in [2.24, 2.45) is 0 Å². The number of rotatable bonds is 3. The molecule has 0 unspecified atom stereocenters. The maximum absolute atomic E-state index is 9.89. The Hall–Kier alpha value is 0.0600. The zero-order valence-corrected chi connectivity index (χ0v) is 5.78. The average Bonchev–Trinajstić information content (AvgIpc) is 2.50. The Morgan fingerprint density at radius 3 is 2.50 bits per heavy atom. The highest BCUT2D eigenvalue weighted by Crippen LogP contribution is 2.44. The van der Waals surface area contributed by atoms with Crippen molar-refractivity contribution in [2.75, 3.05) is 0 Å². The first-order valence-corrected chi connectivity index (χ1v) is 3.57. The summed E-state index contributed by atoms with van der Waals surface area (Å²) in [6, 6.07) is 0. The molecule has 1 saturated carbocycles. The molecule has 0 atom stereocenters. The van der Waals surface area contributed by atoms with E-state index in [0.29, 0.717) is 0 Å². The van der Waals surface area contributed by atoms with Crippen LogP contribution >= 0.6 is 8.69 Å². The van der Waals surface area contributed by atoms with Gasteiger partial charge in [-0.1, -0.05) is 6.92 Å². The van der Waals surface area contributed by atoms with Gasteiger partial charge in [-0.15, -0.1) is 0 Å².